The molecule has 0 aliphatic rings. The van der Waals surface area contributed by atoms with Crippen molar-refractivity contribution >= 4 is 28.3 Å². The monoisotopic (exact) mass is 469 g/mol. The van der Waals surface area contributed by atoms with Crippen LogP contribution in [0.25, 0.3) is 28.1 Å². The minimum atomic E-state index is -0.411. The molecule has 3 aromatic carbocycles. The first-order valence-electron chi connectivity index (χ1n) is 11.0. The molecule has 0 aliphatic heterocycles. The zero-order chi connectivity index (χ0) is 24.5. The van der Waals surface area contributed by atoms with Gasteiger partial charge < -0.3 is 14.8 Å². The number of nitrogens with zero attached hydrogens (tertiary/aromatic N) is 4. The molecule has 1 amide bonds. The molecule has 2 heterocycles. The number of methoxy groups -OCH3 is 2. The lowest BCUT2D eigenvalue weighted by atomic mass is 10.1. The number of anilines is 1. The average Bonchev–Trinajstić information content (AvgIpc) is 3.33. The zero-order valence-electron chi connectivity index (χ0n) is 19.5. The lowest BCUT2D eigenvalue weighted by Gasteiger charge is -2.14. The number of para-hydroxylation sites is 2. The predicted molar refractivity (Wildman–Crippen MR) is 133 cm³/mol. The molecule has 0 spiro atoms. The summed E-state index contributed by atoms with van der Waals surface area (Å²) in [4.78, 5) is 26.4. The van der Waals surface area contributed by atoms with E-state index in [-0.39, 0.29) is 18.1 Å². The first-order chi connectivity index (χ1) is 17.0. The van der Waals surface area contributed by atoms with Gasteiger partial charge in [-0.1, -0.05) is 42.0 Å². The van der Waals surface area contributed by atoms with E-state index >= 15 is 0 Å². The van der Waals surface area contributed by atoms with Crippen LogP contribution in [0.2, 0.25) is 0 Å². The van der Waals surface area contributed by atoms with Crippen LogP contribution >= 0.6 is 0 Å². The summed E-state index contributed by atoms with van der Waals surface area (Å²) in [6.45, 7) is 1.80. The summed E-state index contributed by atoms with van der Waals surface area (Å²) in [5.74, 6) is 1.23. The van der Waals surface area contributed by atoms with Crippen LogP contribution in [0.15, 0.2) is 71.5 Å². The van der Waals surface area contributed by atoms with Crippen molar-refractivity contribution in [3.05, 3.63) is 82.6 Å². The van der Waals surface area contributed by atoms with E-state index in [2.05, 4.69) is 15.5 Å². The standard InChI is InChI=1S/C26H23N5O4/c1-16-8-10-17(11-9-16)24-28-29-25-26(33)30(20-6-4-5-7-21(20)31(24)25)15-23(32)27-19-13-12-18(34-2)14-22(19)35-3/h4-14H,15H2,1-3H3,(H,27,32). The van der Waals surface area contributed by atoms with Crippen molar-refractivity contribution in [1.82, 2.24) is 19.2 Å². The third-order valence-electron chi connectivity index (χ3n) is 5.81. The first-order valence-corrected chi connectivity index (χ1v) is 11.0. The Morgan fingerprint density at radius 3 is 2.40 bits per heavy atom. The van der Waals surface area contributed by atoms with E-state index in [1.54, 1.807) is 35.8 Å². The Morgan fingerprint density at radius 1 is 0.943 bits per heavy atom. The number of hydrogen-bond acceptors (Lipinski definition) is 6. The van der Waals surface area contributed by atoms with Gasteiger partial charge >= 0.3 is 0 Å². The molecule has 176 valence electrons. The van der Waals surface area contributed by atoms with Crippen LogP contribution < -0.4 is 20.3 Å². The highest BCUT2D eigenvalue weighted by molar-refractivity contribution is 5.93. The second-order valence-corrected chi connectivity index (χ2v) is 8.04. The summed E-state index contributed by atoms with van der Waals surface area (Å²) in [6, 6.07) is 20.3. The fourth-order valence-electron chi connectivity index (χ4n) is 4.04. The van der Waals surface area contributed by atoms with Crippen molar-refractivity contribution in [3.63, 3.8) is 0 Å². The maximum absolute atomic E-state index is 13.5. The molecule has 35 heavy (non-hydrogen) atoms. The van der Waals surface area contributed by atoms with Crippen molar-refractivity contribution in [1.29, 1.82) is 0 Å². The third kappa shape index (κ3) is 3.97. The Morgan fingerprint density at radius 2 is 1.69 bits per heavy atom. The highest BCUT2D eigenvalue weighted by Crippen LogP contribution is 2.29. The predicted octanol–water partition coefficient (Wildman–Crippen LogP) is 3.68. The molecule has 1 N–H and O–H groups in total. The number of aromatic nitrogens is 4. The Hall–Kier alpha value is -4.66. The van der Waals surface area contributed by atoms with Crippen LogP contribution in [0.4, 0.5) is 5.69 Å². The molecule has 0 saturated heterocycles. The summed E-state index contributed by atoms with van der Waals surface area (Å²) in [5.41, 5.74) is 3.48. The van der Waals surface area contributed by atoms with Crippen LogP contribution in [0.1, 0.15) is 5.56 Å². The average molecular weight is 470 g/mol. The van der Waals surface area contributed by atoms with Gasteiger partial charge in [-0.15, -0.1) is 10.2 Å². The second-order valence-electron chi connectivity index (χ2n) is 8.04. The zero-order valence-corrected chi connectivity index (χ0v) is 19.5. The number of ether oxygens (including phenoxy) is 2. The van der Waals surface area contributed by atoms with E-state index in [1.165, 1.54) is 11.7 Å². The van der Waals surface area contributed by atoms with E-state index < -0.39 is 5.56 Å². The van der Waals surface area contributed by atoms with Gasteiger partial charge in [0.05, 0.1) is 30.9 Å². The van der Waals surface area contributed by atoms with Crippen molar-refractivity contribution in [2.45, 2.75) is 13.5 Å². The molecule has 5 aromatic rings. The lowest BCUT2D eigenvalue weighted by Crippen LogP contribution is -2.29. The number of benzene rings is 3. The molecule has 5 rings (SSSR count). The number of carbonyl (C=O) groups excluding carboxylic acids is 1. The van der Waals surface area contributed by atoms with E-state index in [1.807, 2.05) is 49.4 Å². The highest BCUT2D eigenvalue weighted by atomic mass is 16.5. The molecular weight excluding hydrogens is 446 g/mol. The molecular formula is C26H23N5O4. The number of rotatable bonds is 6. The summed E-state index contributed by atoms with van der Waals surface area (Å²) in [7, 11) is 3.06. The van der Waals surface area contributed by atoms with Gasteiger partial charge in [0.1, 0.15) is 18.0 Å². The maximum atomic E-state index is 13.5. The lowest BCUT2D eigenvalue weighted by molar-refractivity contribution is -0.116. The minimum absolute atomic E-state index is 0.147. The van der Waals surface area contributed by atoms with Crippen molar-refractivity contribution < 1.29 is 14.3 Å². The number of hydrogen-bond donors (Lipinski definition) is 1. The Balaban J connectivity index is 1.57. The van der Waals surface area contributed by atoms with E-state index in [0.717, 1.165) is 16.6 Å². The molecule has 0 fully saturated rings. The number of nitrogens with one attached hydrogen (secondary N) is 1. The molecule has 0 bridgehead atoms. The molecule has 0 radical (unpaired) electrons. The molecule has 9 nitrogen and oxygen atoms in total. The minimum Gasteiger partial charge on any atom is -0.497 e. The normalized spacial score (nSPS) is 11.1. The van der Waals surface area contributed by atoms with Crippen molar-refractivity contribution in [2.75, 3.05) is 19.5 Å². The largest absolute Gasteiger partial charge is 0.497 e. The van der Waals surface area contributed by atoms with Gasteiger partial charge in [-0.2, -0.15) is 0 Å². The third-order valence-corrected chi connectivity index (χ3v) is 5.81. The van der Waals surface area contributed by atoms with Crippen LogP contribution in [-0.4, -0.2) is 39.3 Å². The maximum Gasteiger partial charge on any atom is 0.297 e. The summed E-state index contributed by atoms with van der Waals surface area (Å²) >= 11 is 0. The molecule has 0 aliphatic carbocycles. The van der Waals surface area contributed by atoms with E-state index in [4.69, 9.17) is 9.47 Å². The number of aryl methyl sites for hydroxylation is 1. The Labute approximate surface area is 200 Å². The summed E-state index contributed by atoms with van der Waals surface area (Å²) in [6.07, 6.45) is 0. The van der Waals surface area contributed by atoms with Gasteiger partial charge in [-0.3, -0.25) is 18.6 Å². The van der Waals surface area contributed by atoms with Crippen molar-refractivity contribution in [3.8, 4) is 22.9 Å². The van der Waals surface area contributed by atoms with Gasteiger partial charge in [-0.05, 0) is 31.2 Å². The number of amides is 1. The van der Waals surface area contributed by atoms with E-state index in [0.29, 0.717) is 28.5 Å². The smallest absolute Gasteiger partial charge is 0.297 e. The van der Waals surface area contributed by atoms with Gasteiger partial charge in [0.25, 0.3) is 5.56 Å². The van der Waals surface area contributed by atoms with Crippen LogP contribution in [-0.2, 0) is 11.3 Å². The van der Waals surface area contributed by atoms with Gasteiger partial charge in [-0.25, -0.2) is 0 Å². The quantitative estimate of drug-likeness (QED) is 0.407. The Kier molecular flexibility index (Phi) is 5.66. The Bertz CT molecular complexity index is 1620. The number of carbonyl (C=O) groups is 1. The van der Waals surface area contributed by atoms with E-state index in [9.17, 15) is 9.59 Å². The van der Waals surface area contributed by atoms with Crippen LogP contribution in [0, 0.1) is 6.92 Å². The number of fused-ring (bicyclic) bond motifs is 3. The first kappa shape index (κ1) is 22.1. The SMILES string of the molecule is COc1ccc(NC(=O)Cn2c(=O)c3nnc(-c4ccc(C)cc4)n3c3ccccc32)c(OC)c1. The summed E-state index contributed by atoms with van der Waals surface area (Å²) < 4.78 is 13.7. The fraction of sp³-hybridized carbons (Fsp3) is 0.154. The van der Waals surface area contributed by atoms with Crippen LogP contribution in [0.3, 0.4) is 0 Å². The topological polar surface area (TPSA) is 99.8 Å². The van der Waals surface area contributed by atoms with Gasteiger partial charge in [0, 0.05) is 11.6 Å². The molecule has 0 saturated carbocycles. The van der Waals surface area contributed by atoms with Crippen LogP contribution in [0.5, 0.6) is 11.5 Å². The highest BCUT2D eigenvalue weighted by Gasteiger charge is 2.19. The van der Waals surface area contributed by atoms with Gasteiger partial charge in [0.2, 0.25) is 11.6 Å². The molecule has 2 aromatic heterocycles. The molecule has 0 unspecified atom stereocenters. The van der Waals surface area contributed by atoms with Crippen molar-refractivity contribution in [2.24, 2.45) is 0 Å². The molecule has 9 heteroatoms. The van der Waals surface area contributed by atoms with Gasteiger partial charge in [0.15, 0.2) is 5.82 Å². The second kappa shape index (κ2) is 8.94. The molecule has 0 atom stereocenters. The summed E-state index contributed by atoms with van der Waals surface area (Å²) in [5, 5.41) is 11.3. The fourth-order valence-corrected chi connectivity index (χ4v) is 4.04.